The first kappa shape index (κ1) is 12.7. The van der Waals surface area contributed by atoms with E-state index in [0.717, 1.165) is 0 Å². The van der Waals surface area contributed by atoms with Gasteiger partial charge in [0.1, 0.15) is 5.17 Å². The third-order valence-electron chi connectivity index (χ3n) is 1.88. The summed E-state index contributed by atoms with van der Waals surface area (Å²) in [5.41, 5.74) is 7.02. The number of Topliss-reactive ketones (excluding diaryl/α,β-unsaturated/α-hetero) is 1. The molecule has 0 spiro atoms. The van der Waals surface area contributed by atoms with Gasteiger partial charge in [0.25, 0.3) is 0 Å². The molecular formula is C11H10Cl2N2O. The predicted molar refractivity (Wildman–Crippen MR) is 68.8 cm³/mol. The number of carbonyl (C=O) groups is 1. The van der Waals surface area contributed by atoms with Crippen LogP contribution in [0.1, 0.15) is 17.3 Å². The smallest absolute Gasteiger partial charge is 0.159 e. The van der Waals surface area contributed by atoms with E-state index in [1.165, 1.54) is 6.92 Å². The zero-order chi connectivity index (χ0) is 12.3. The molecule has 0 fully saturated rings. The van der Waals surface area contributed by atoms with Crippen LogP contribution < -0.4 is 5.73 Å². The zero-order valence-electron chi connectivity index (χ0n) is 8.63. The lowest BCUT2D eigenvalue weighted by atomic mass is 10.1. The molecule has 0 atom stereocenters. The molecule has 0 heterocycles. The summed E-state index contributed by atoms with van der Waals surface area (Å²) in [6, 6.07) is 4.77. The average molecular weight is 257 g/mol. The Morgan fingerprint density at radius 3 is 2.56 bits per heavy atom. The lowest BCUT2D eigenvalue weighted by Crippen LogP contribution is -1.94. The topological polar surface area (TPSA) is 55.5 Å². The summed E-state index contributed by atoms with van der Waals surface area (Å²) in [4.78, 5) is 15.1. The predicted octanol–water partition coefficient (Wildman–Crippen LogP) is 3.49. The van der Waals surface area contributed by atoms with Crippen LogP contribution in [-0.2, 0) is 0 Å². The van der Waals surface area contributed by atoms with Gasteiger partial charge >= 0.3 is 0 Å². The fourth-order valence-corrected chi connectivity index (χ4v) is 1.16. The number of anilines is 1. The molecule has 0 bridgehead atoms. The lowest BCUT2D eigenvalue weighted by molar-refractivity contribution is 0.101. The molecule has 0 saturated carbocycles. The zero-order valence-corrected chi connectivity index (χ0v) is 10.1. The number of rotatable bonds is 3. The summed E-state index contributed by atoms with van der Waals surface area (Å²) in [6.07, 6.45) is 0. The first-order valence-electron chi connectivity index (χ1n) is 4.41. The highest BCUT2D eigenvalue weighted by molar-refractivity contribution is 6.76. The molecule has 0 unspecified atom stereocenters. The highest BCUT2D eigenvalue weighted by Crippen LogP contribution is 2.25. The Labute approximate surface area is 104 Å². The molecular weight excluding hydrogens is 247 g/mol. The maximum absolute atomic E-state index is 11.2. The van der Waals surface area contributed by atoms with Crippen LogP contribution in [0.25, 0.3) is 0 Å². The van der Waals surface area contributed by atoms with E-state index in [1.54, 1.807) is 18.2 Å². The summed E-state index contributed by atoms with van der Waals surface area (Å²) in [6.45, 7) is 4.89. The number of hydrogen-bond donors (Lipinski definition) is 1. The summed E-state index contributed by atoms with van der Waals surface area (Å²) in [5, 5.41) is 0.170. The van der Waals surface area contributed by atoms with Crippen molar-refractivity contribution in [1.82, 2.24) is 0 Å². The number of aliphatic imine (C=N–C) groups is 1. The average Bonchev–Trinajstić information content (AvgIpc) is 2.20. The molecule has 0 radical (unpaired) electrons. The van der Waals surface area contributed by atoms with E-state index >= 15 is 0 Å². The third-order valence-corrected chi connectivity index (χ3v) is 2.47. The first-order valence-corrected chi connectivity index (χ1v) is 5.17. The van der Waals surface area contributed by atoms with Gasteiger partial charge in [0.2, 0.25) is 0 Å². The molecule has 5 heteroatoms. The Bertz CT molecular complexity index is 481. The van der Waals surface area contributed by atoms with E-state index in [2.05, 4.69) is 11.6 Å². The van der Waals surface area contributed by atoms with Crippen LogP contribution in [0.15, 0.2) is 34.8 Å². The Hall–Kier alpha value is -1.32. The number of carbonyl (C=O) groups excluding carboxylic acids is 1. The first-order chi connectivity index (χ1) is 7.41. The SMILES string of the molecule is C=C(Cl)/C(Cl)=N\c1cc(C(C)=O)ccc1N. The molecule has 1 aromatic rings. The quantitative estimate of drug-likeness (QED) is 0.512. The van der Waals surface area contributed by atoms with Gasteiger partial charge in [0, 0.05) is 5.56 Å². The van der Waals surface area contributed by atoms with Gasteiger partial charge in [-0.25, -0.2) is 4.99 Å². The van der Waals surface area contributed by atoms with E-state index < -0.39 is 0 Å². The molecule has 0 aromatic heterocycles. The number of ketones is 1. The molecule has 16 heavy (non-hydrogen) atoms. The molecule has 2 N–H and O–H groups in total. The van der Waals surface area contributed by atoms with Gasteiger partial charge in [0.05, 0.1) is 16.4 Å². The molecule has 0 aliphatic rings. The number of benzene rings is 1. The number of allylic oxidation sites excluding steroid dienone is 1. The van der Waals surface area contributed by atoms with Gasteiger partial charge in [0.15, 0.2) is 5.78 Å². The van der Waals surface area contributed by atoms with Crippen LogP contribution in [-0.4, -0.2) is 11.0 Å². The Morgan fingerprint density at radius 2 is 2.06 bits per heavy atom. The van der Waals surface area contributed by atoms with E-state index in [0.29, 0.717) is 16.9 Å². The van der Waals surface area contributed by atoms with Crippen LogP contribution in [0.2, 0.25) is 0 Å². The van der Waals surface area contributed by atoms with Crippen molar-refractivity contribution in [2.45, 2.75) is 6.92 Å². The standard InChI is InChI=1S/C11H10Cl2N2O/c1-6(12)11(13)15-10-5-8(7(2)16)3-4-9(10)14/h3-5H,1,14H2,2H3/b15-11+. The summed E-state index contributed by atoms with van der Waals surface area (Å²) >= 11 is 11.3. The Balaban J connectivity index is 3.23. The summed E-state index contributed by atoms with van der Waals surface area (Å²) in [7, 11) is 0. The molecule has 1 aromatic carbocycles. The van der Waals surface area contributed by atoms with Crippen LogP contribution in [0.4, 0.5) is 11.4 Å². The third kappa shape index (κ3) is 3.08. The fourth-order valence-electron chi connectivity index (χ4n) is 1.03. The molecule has 0 aliphatic carbocycles. The monoisotopic (exact) mass is 256 g/mol. The largest absolute Gasteiger partial charge is 0.397 e. The van der Waals surface area contributed by atoms with Gasteiger partial charge in [-0.05, 0) is 25.1 Å². The van der Waals surface area contributed by atoms with Gasteiger partial charge in [-0.3, -0.25) is 4.79 Å². The minimum absolute atomic E-state index is 0.0501. The van der Waals surface area contributed by atoms with Gasteiger partial charge < -0.3 is 5.73 Å². The van der Waals surface area contributed by atoms with E-state index in [4.69, 9.17) is 28.9 Å². The Kier molecular flexibility index (Phi) is 4.10. The highest BCUT2D eigenvalue weighted by Gasteiger charge is 2.05. The normalized spacial score (nSPS) is 11.3. The minimum Gasteiger partial charge on any atom is -0.397 e. The lowest BCUT2D eigenvalue weighted by Gasteiger charge is -2.03. The molecule has 0 amide bonds. The highest BCUT2D eigenvalue weighted by atomic mass is 35.5. The van der Waals surface area contributed by atoms with Crippen molar-refractivity contribution in [3.05, 3.63) is 35.4 Å². The maximum atomic E-state index is 11.2. The second-order valence-electron chi connectivity index (χ2n) is 3.14. The van der Waals surface area contributed by atoms with Gasteiger partial charge in [-0.2, -0.15) is 0 Å². The van der Waals surface area contributed by atoms with Crippen LogP contribution in [0, 0.1) is 0 Å². The van der Waals surface area contributed by atoms with Crippen molar-refractivity contribution < 1.29 is 4.79 Å². The maximum Gasteiger partial charge on any atom is 0.159 e. The molecule has 1 rings (SSSR count). The minimum atomic E-state index is -0.0720. The molecule has 0 saturated heterocycles. The Morgan fingerprint density at radius 1 is 1.44 bits per heavy atom. The second kappa shape index (κ2) is 5.14. The van der Waals surface area contributed by atoms with Crippen molar-refractivity contribution in [3.8, 4) is 0 Å². The van der Waals surface area contributed by atoms with Crippen molar-refractivity contribution in [1.29, 1.82) is 0 Å². The van der Waals surface area contributed by atoms with E-state index in [1.807, 2.05) is 0 Å². The van der Waals surface area contributed by atoms with Gasteiger partial charge in [-0.15, -0.1) is 0 Å². The van der Waals surface area contributed by atoms with Crippen molar-refractivity contribution >= 4 is 45.5 Å². The number of hydrogen-bond acceptors (Lipinski definition) is 3. The fraction of sp³-hybridized carbons (Fsp3) is 0.0909. The summed E-state index contributed by atoms with van der Waals surface area (Å²) < 4.78 is 0. The van der Waals surface area contributed by atoms with E-state index in [-0.39, 0.29) is 16.0 Å². The number of nitrogens with two attached hydrogens (primary N) is 1. The molecule has 0 aliphatic heterocycles. The van der Waals surface area contributed by atoms with Crippen LogP contribution >= 0.6 is 23.2 Å². The second-order valence-corrected chi connectivity index (χ2v) is 3.95. The molecule has 84 valence electrons. The van der Waals surface area contributed by atoms with Crippen LogP contribution in [0.5, 0.6) is 0 Å². The van der Waals surface area contributed by atoms with Crippen molar-refractivity contribution in [2.24, 2.45) is 4.99 Å². The van der Waals surface area contributed by atoms with Gasteiger partial charge in [-0.1, -0.05) is 29.8 Å². The number of nitrogens with zero attached hydrogens (tertiary/aromatic N) is 1. The molecule has 3 nitrogen and oxygen atoms in total. The van der Waals surface area contributed by atoms with Crippen LogP contribution in [0.3, 0.4) is 0 Å². The number of halogens is 2. The van der Waals surface area contributed by atoms with E-state index in [9.17, 15) is 4.79 Å². The number of nitrogen functional groups attached to an aromatic ring is 1. The van der Waals surface area contributed by atoms with Crippen molar-refractivity contribution in [3.63, 3.8) is 0 Å². The summed E-state index contributed by atoms with van der Waals surface area (Å²) in [5.74, 6) is -0.0720. The van der Waals surface area contributed by atoms with Crippen molar-refractivity contribution in [2.75, 3.05) is 5.73 Å².